The fraction of sp³-hybridized carbons (Fsp3) is 0.944. The molecule has 8 heteroatoms. The van der Waals surface area contributed by atoms with Crippen molar-refractivity contribution in [1.82, 2.24) is 0 Å². The van der Waals surface area contributed by atoms with Crippen LogP contribution in [0.5, 0.6) is 0 Å². The van der Waals surface area contributed by atoms with Gasteiger partial charge in [0.1, 0.15) is 24.4 Å². The summed E-state index contributed by atoms with van der Waals surface area (Å²) in [7, 11) is 0. The molecule has 44 heavy (non-hydrogen) atoms. The van der Waals surface area contributed by atoms with E-state index in [9.17, 15) is 30.6 Å². The highest BCUT2D eigenvalue weighted by Crippen LogP contribution is 2.76. The summed E-state index contributed by atoms with van der Waals surface area (Å²) in [6, 6.07) is 0. The molecule has 6 N–H and O–H groups in total. The molecule has 0 amide bonds. The number of aliphatic hydroxyl groups is 6. The van der Waals surface area contributed by atoms with Gasteiger partial charge in [-0.1, -0.05) is 46.3 Å². The van der Waals surface area contributed by atoms with Gasteiger partial charge in [-0.25, -0.2) is 0 Å². The number of fused-ring (bicyclic) bond motifs is 5. The zero-order valence-corrected chi connectivity index (χ0v) is 28.5. The van der Waals surface area contributed by atoms with Crippen LogP contribution in [0.15, 0.2) is 11.6 Å². The largest absolute Gasteiger partial charge is 0.394 e. The summed E-state index contributed by atoms with van der Waals surface area (Å²) in [4.78, 5) is 0. The van der Waals surface area contributed by atoms with Gasteiger partial charge in [0.2, 0.25) is 0 Å². The van der Waals surface area contributed by atoms with Crippen LogP contribution in [0.25, 0.3) is 0 Å². The Bertz CT molecular complexity index is 1070. The van der Waals surface area contributed by atoms with Crippen molar-refractivity contribution >= 4 is 0 Å². The van der Waals surface area contributed by atoms with Gasteiger partial charge in [0.15, 0.2) is 6.29 Å². The van der Waals surface area contributed by atoms with Gasteiger partial charge < -0.3 is 40.1 Å². The molecule has 0 bridgehead atoms. The van der Waals surface area contributed by atoms with Gasteiger partial charge in [0, 0.05) is 0 Å². The van der Waals surface area contributed by atoms with Gasteiger partial charge in [-0.2, -0.15) is 0 Å². The molecule has 0 aromatic carbocycles. The van der Waals surface area contributed by atoms with E-state index in [0.29, 0.717) is 18.3 Å². The molecule has 5 rings (SSSR count). The fourth-order valence-electron chi connectivity index (χ4n) is 11.9. The molecule has 1 saturated heterocycles. The number of hydrogen-bond donors (Lipinski definition) is 6. The fourth-order valence-corrected chi connectivity index (χ4v) is 11.9. The van der Waals surface area contributed by atoms with Gasteiger partial charge in [-0.15, -0.1) is 0 Å². The molecular weight excluding hydrogens is 560 g/mol. The third kappa shape index (κ3) is 5.26. The Kier molecular flexibility index (Phi) is 9.35. The summed E-state index contributed by atoms with van der Waals surface area (Å²) in [6.45, 7) is 17.5. The predicted octanol–water partition coefficient (Wildman–Crippen LogP) is 4.32. The smallest absolute Gasteiger partial charge is 0.186 e. The zero-order valence-electron chi connectivity index (χ0n) is 28.5. The SMILES string of the molecule is CC(C)=CCC[C@@](C)(O)C1CC[C@]2(C)C1C(O)CC1[C@@]3(C)CCC(OC4OC(CO)C(O)C(O)C4O)C(C)(C)C3CC[C@]12C. The molecule has 0 spiro atoms. The third-order valence-electron chi connectivity index (χ3n) is 14.5. The second-order valence-corrected chi connectivity index (χ2v) is 17.3. The first-order valence-electron chi connectivity index (χ1n) is 17.3. The molecule has 11 unspecified atom stereocenters. The van der Waals surface area contributed by atoms with Crippen molar-refractivity contribution in [2.24, 2.45) is 45.3 Å². The molecule has 1 aliphatic heterocycles. The van der Waals surface area contributed by atoms with E-state index in [1.807, 2.05) is 6.92 Å². The Hall–Kier alpha value is -0.580. The molecule has 5 aliphatic rings. The van der Waals surface area contributed by atoms with Crippen LogP contribution in [0.4, 0.5) is 0 Å². The van der Waals surface area contributed by atoms with Crippen LogP contribution in [0.2, 0.25) is 0 Å². The lowest BCUT2D eigenvalue weighted by atomic mass is 9.35. The maximum Gasteiger partial charge on any atom is 0.186 e. The maximum atomic E-state index is 12.0. The van der Waals surface area contributed by atoms with Crippen LogP contribution in [0.1, 0.15) is 113 Å². The summed E-state index contributed by atoms with van der Waals surface area (Å²) in [6.07, 6.45) is 3.15. The highest BCUT2D eigenvalue weighted by atomic mass is 16.7. The van der Waals surface area contributed by atoms with Crippen LogP contribution in [-0.2, 0) is 9.47 Å². The molecule has 8 nitrogen and oxygen atoms in total. The summed E-state index contributed by atoms with van der Waals surface area (Å²) in [5.41, 5.74) is 0.122. The summed E-state index contributed by atoms with van der Waals surface area (Å²) in [5.74, 6) is 0.792. The minimum atomic E-state index is -1.46. The lowest BCUT2D eigenvalue weighted by molar-refractivity contribution is -0.332. The monoisotopic (exact) mass is 622 g/mol. The molecule has 4 aliphatic carbocycles. The summed E-state index contributed by atoms with van der Waals surface area (Å²) >= 11 is 0. The molecule has 254 valence electrons. The van der Waals surface area contributed by atoms with E-state index < -0.39 is 49.0 Å². The number of rotatable bonds is 7. The molecule has 15 atom stereocenters. The molecule has 5 fully saturated rings. The number of hydrogen-bond acceptors (Lipinski definition) is 8. The zero-order chi connectivity index (χ0) is 32.6. The Balaban J connectivity index is 1.37. The average Bonchev–Trinajstić information content (AvgIpc) is 3.32. The highest BCUT2D eigenvalue weighted by Gasteiger charge is 2.71. The molecular formula is C36H62O8. The van der Waals surface area contributed by atoms with Gasteiger partial charge >= 0.3 is 0 Å². The van der Waals surface area contributed by atoms with Crippen molar-refractivity contribution in [1.29, 1.82) is 0 Å². The number of aliphatic hydroxyl groups excluding tert-OH is 5. The van der Waals surface area contributed by atoms with Crippen LogP contribution in [-0.4, -0.2) is 85.8 Å². The molecule has 0 aromatic rings. The van der Waals surface area contributed by atoms with Gasteiger partial charge in [0.05, 0.1) is 24.4 Å². The van der Waals surface area contributed by atoms with Gasteiger partial charge in [0.25, 0.3) is 0 Å². The Labute approximate surface area is 265 Å². The van der Waals surface area contributed by atoms with E-state index in [1.54, 1.807) is 0 Å². The maximum absolute atomic E-state index is 12.0. The lowest BCUT2D eigenvalue weighted by Crippen LogP contribution is -2.67. The minimum Gasteiger partial charge on any atom is -0.394 e. The van der Waals surface area contributed by atoms with Crippen LogP contribution in [0.3, 0.4) is 0 Å². The Morgan fingerprint density at radius 2 is 1.55 bits per heavy atom. The second-order valence-electron chi connectivity index (χ2n) is 17.3. The van der Waals surface area contributed by atoms with E-state index in [0.717, 1.165) is 51.4 Å². The van der Waals surface area contributed by atoms with Crippen LogP contribution in [0, 0.1) is 45.3 Å². The van der Waals surface area contributed by atoms with Crippen molar-refractivity contribution in [2.75, 3.05) is 6.61 Å². The predicted molar refractivity (Wildman–Crippen MR) is 168 cm³/mol. The van der Waals surface area contributed by atoms with E-state index >= 15 is 0 Å². The lowest BCUT2D eigenvalue weighted by Gasteiger charge is -2.70. The highest BCUT2D eigenvalue weighted by molar-refractivity contribution is 5.20. The topological polar surface area (TPSA) is 140 Å². The van der Waals surface area contributed by atoms with E-state index in [4.69, 9.17) is 9.47 Å². The molecule has 4 saturated carbocycles. The van der Waals surface area contributed by atoms with Crippen molar-refractivity contribution in [2.45, 2.75) is 162 Å². The van der Waals surface area contributed by atoms with Crippen molar-refractivity contribution in [3.63, 3.8) is 0 Å². The Morgan fingerprint density at radius 3 is 2.18 bits per heavy atom. The standard InChI is InChI=1S/C36H62O8/c1-20(2)10-9-14-36(8,42)21-11-16-35(7)27(21)22(38)18-25-33(5)15-13-26(32(3,4)24(33)12-17-34(25,35)6)44-31-30(41)29(40)28(39)23(19-37)43-31/h10,21-31,37-42H,9,11-19H2,1-8H3/t21?,22?,23?,24?,25?,26?,27?,28?,29?,30?,31?,33-,34+,35+,36+/m0/s1. The van der Waals surface area contributed by atoms with E-state index in [2.05, 4.69) is 54.5 Å². The quantitative estimate of drug-likeness (QED) is 0.182. The van der Waals surface area contributed by atoms with Crippen molar-refractivity contribution in [3.8, 4) is 0 Å². The summed E-state index contributed by atoms with van der Waals surface area (Å²) < 4.78 is 12.2. The number of allylic oxidation sites excluding steroid dienone is 2. The van der Waals surface area contributed by atoms with Gasteiger partial charge in [-0.05, 0) is 124 Å². The van der Waals surface area contributed by atoms with Crippen LogP contribution < -0.4 is 0 Å². The summed E-state index contributed by atoms with van der Waals surface area (Å²) in [5, 5.41) is 64.8. The molecule has 0 radical (unpaired) electrons. The van der Waals surface area contributed by atoms with E-state index in [1.165, 1.54) is 5.57 Å². The van der Waals surface area contributed by atoms with Gasteiger partial charge in [-0.3, -0.25) is 0 Å². The first-order valence-corrected chi connectivity index (χ1v) is 17.3. The van der Waals surface area contributed by atoms with Crippen LogP contribution >= 0.6 is 0 Å². The van der Waals surface area contributed by atoms with Crippen molar-refractivity contribution in [3.05, 3.63) is 11.6 Å². The average molecular weight is 623 g/mol. The van der Waals surface area contributed by atoms with E-state index in [-0.39, 0.29) is 39.6 Å². The minimum absolute atomic E-state index is 0.0231. The molecule has 0 aromatic heterocycles. The third-order valence-corrected chi connectivity index (χ3v) is 14.5. The van der Waals surface area contributed by atoms with Crippen molar-refractivity contribution < 1.29 is 40.1 Å². The first-order chi connectivity index (χ1) is 20.3. The first kappa shape index (κ1) is 34.7. The molecule has 1 heterocycles. The Morgan fingerprint density at radius 1 is 0.886 bits per heavy atom. The normalized spacial score (nSPS) is 51.5. The number of ether oxygens (including phenoxy) is 2. The second kappa shape index (κ2) is 11.8.